The Morgan fingerprint density at radius 3 is 2.56 bits per heavy atom. The summed E-state index contributed by atoms with van der Waals surface area (Å²) >= 11 is 0. The molecule has 0 aromatic heterocycles. The predicted molar refractivity (Wildman–Crippen MR) is 105 cm³/mol. The van der Waals surface area contributed by atoms with Crippen LogP contribution in [0.1, 0.15) is 58.4 Å². The molecule has 0 spiro atoms. The first-order valence-electron chi connectivity index (χ1n) is 10.0. The van der Waals surface area contributed by atoms with E-state index in [9.17, 15) is 0 Å². The normalized spacial score (nSPS) is 34.1. The molecular formula is C22H33N3. The molecule has 1 aromatic rings. The fourth-order valence-corrected chi connectivity index (χ4v) is 5.75. The minimum Gasteiger partial charge on any atom is -0.356 e. The first-order chi connectivity index (χ1) is 12.0. The summed E-state index contributed by atoms with van der Waals surface area (Å²) in [4.78, 5) is 7.04. The van der Waals surface area contributed by atoms with E-state index in [2.05, 4.69) is 67.3 Å². The van der Waals surface area contributed by atoms with Crippen molar-refractivity contribution in [2.45, 2.75) is 65.0 Å². The summed E-state index contributed by atoms with van der Waals surface area (Å²) in [6.07, 6.45) is 6.81. The Bertz CT molecular complexity index is 678. The molecule has 2 aliphatic carbocycles. The first-order valence-corrected chi connectivity index (χ1v) is 10.0. The third kappa shape index (κ3) is 2.63. The van der Waals surface area contributed by atoms with Crippen LogP contribution in [0.25, 0.3) is 0 Å². The van der Waals surface area contributed by atoms with Crippen LogP contribution in [0.15, 0.2) is 29.3 Å². The van der Waals surface area contributed by atoms with Crippen LogP contribution in [0.5, 0.6) is 0 Å². The van der Waals surface area contributed by atoms with Gasteiger partial charge in [-0.15, -0.1) is 0 Å². The molecule has 1 saturated heterocycles. The van der Waals surface area contributed by atoms with Gasteiger partial charge in [0.1, 0.15) is 5.84 Å². The molecule has 3 heteroatoms. The highest BCUT2D eigenvalue weighted by atomic mass is 15.2. The second-order valence-electron chi connectivity index (χ2n) is 9.06. The number of nitrogens with zero attached hydrogens (tertiary/aromatic N) is 2. The van der Waals surface area contributed by atoms with Crippen LogP contribution in [0.4, 0.5) is 5.69 Å². The van der Waals surface area contributed by atoms with Gasteiger partial charge >= 0.3 is 0 Å². The topological polar surface area (TPSA) is 27.6 Å². The molecular weight excluding hydrogens is 306 g/mol. The summed E-state index contributed by atoms with van der Waals surface area (Å²) in [5, 5.41) is 3.56. The number of fused-ring (bicyclic) bond motifs is 4. The predicted octanol–water partition coefficient (Wildman–Crippen LogP) is 4.75. The van der Waals surface area contributed by atoms with Gasteiger partial charge in [-0.1, -0.05) is 32.0 Å². The van der Waals surface area contributed by atoms with Gasteiger partial charge in [0, 0.05) is 25.0 Å². The van der Waals surface area contributed by atoms with Gasteiger partial charge in [-0.3, -0.25) is 0 Å². The third-order valence-corrected chi connectivity index (χ3v) is 7.92. The molecule has 2 saturated carbocycles. The Morgan fingerprint density at radius 2 is 1.88 bits per heavy atom. The van der Waals surface area contributed by atoms with Gasteiger partial charge in [0.05, 0.1) is 5.69 Å². The van der Waals surface area contributed by atoms with E-state index in [0.29, 0.717) is 11.0 Å². The maximum Gasteiger partial charge on any atom is 0.105 e. The Hall–Kier alpha value is -1.35. The Kier molecular flexibility index (Phi) is 4.18. The number of hydrogen-bond acceptors (Lipinski definition) is 3. The molecule has 3 atom stereocenters. The zero-order valence-electron chi connectivity index (χ0n) is 16.3. The molecule has 136 valence electrons. The molecule has 4 aliphatic rings. The van der Waals surface area contributed by atoms with E-state index < -0.39 is 0 Å². The third-order valence-electron chi connectivity index (χ3n) is 7.92. The largest absolute Gasteiger partial charge is 0.356 e. The van der Waals surface area contributed by atoms with Gasteiger partial charge < -0.3 is 10.2 Å². The zero-order valence-corrected chi connectivity index (χ0v) is 16.3. The summed E-state index contributed by atoms with van der Waals surface area (Å²) < 4.78 is 0. The molecule has 0 radical (unpaired) electrons. The highest BCUT2D eigenvalue weighted by Gasteiger charge is 2.59. The second kappa shape index (κ2) is 6.12. The van der Waals surface area contributed by atoms with Crippen molar-refractivity contribution in [1.29, 1.82) is 0 Å². The standard InChI is InChI=1S/C11H12N2.C11H21N/c1-2-5-10-9(4-1)8-13-7-3-6-11(13)12-10;1-10(2)8-5-6-9(7-8)11(10,3)12-4/h1-2,4-5H,3,6-8H2;8-9,12H,5-7H2,1-4H3. The average Bonchev–Trinajstić information content (AvgIpc) is 3.31. The highest BCUT2D eigenvalue weighted by molar-refractivity contribution is 5.88. The van der Waals surface area contributed by atoms with Crippen LogP contribution in [0.3, 0.4) is 0 Å². The minimum absolute atomic E-state index is 0.399. The lowest BCUT2D eigenvalue weighted by Gasteiger charge is -2.47. The van der Waals surface area contributed by atoms with E-state index in [0.717, 1.165) is 24.8 Å². The van der Waals surface area contributed by atoms with Gasteiger partial charge in [0.2, 0.25) is 0 Å². The average molecular weight is 340 g/mol. The quantitative estimate of drug-likeness (QED) is 0.800. The van der Waals surface area contributed by atoms with Crippen LogP contribution in [-0.2, 0) is 6.54 Å². The molecule has 2 aliphatic heterocycles. The van der Waals surface area contributed by atoms with Gasteiger partial charge in [-0.05, 0) is 68.5 Å². The Labute approximate surface area is 152 Å². The molecule has 2 heterocycles. The van der Waals surface area contributed by atoms with E-state index >= 15 is 0 Å². The van der Waals surface area contributed by atoms with Crippen molar-refractivity contribution in [2.75, 3.05) is 13.6 Å². The van der Waals surface area contributed by atoms with Gasteiger partial charge in [-0.2, -0.15) is 0 Å². The van der Waals surface area contributed by atoms with E-state index in [1.807, 2.05) is 0 Å². The first kappa shape index (κ1) is 17.1. The van der Waals surface area contributed by atoms with Gasteiger partial charge in [-0.25, -0.2) is 4.99 Å². The van der Waals surface area contributed by atoms with Crippen LogP contribution >= 0.6 is 0 Å². The number of para-hydroxylation sites is 1. The lowest BCUT2D eigenvalue weighted by molar-refractivity contribution is 0.0732. The Morgan fingerprint density at radius 1 is 1.12 bits per heavy atom. The van der Waals surface area contributed by atoms with Gasteiger partial charge in [0.25, 0.3) is 0 Å². The summed E-state index contributed by atoms with van der Waals surface area (Å²) in [5.41, 5.74) is 3.45. The molecule has 3 unspecified atom stereocenters. The van der Waals surface area contributed by atoms with Crippen molar-refractivity contribution in [1.82, 2.24) is 10.2 Å². The van der Waals surface area contributed by atoms with Crippen molar-refractivity contribution in [3.05, 3.63) is 29.8 Å². The highest BCUT2D eigenvalue weighted by Crippen LogP contribution is 2.61. The van der Waals surface area contributed by atoms with Crippen LogP contribution in [-0.4, -0.2) is 29.9 Å². The summed E-state index contributed by atoms with van der Waals surface area (Å²) in [5.74, 6) is 3.20. The summed E-state index contributed by atoms with van der Waals surface area (Å²) in [7, 11) is 2.13. The van der Waals surface area contributed by atoms with Crippen molar-refractivity contribution < 1.29 is 0 Å². The van der Waals surface area contributed by atoms with Crippen LogP contribution < -0.4 is 5.32 Å². The SMILES string of the molecule is CNC1(C)C2CCC(C2)C1(C)C.c1ccc2c(c1)CN1CCCC1=N2. The molecule has 3 fully saturated rings. The van der Waals surface area contributed by atoms with Crippen molar-refractivity contribution in [3.8, 4) is 0 Å². The molecule has 3 nitrogen and oxygen atoms in total. The number of amidine groups is 1. The van der Waals surface area contributed by atoms with E-state index in [-0.39, 0.29) is 0 Å². The second-order valence-corrected chi connectivity index (χ2v) is 9.06. The maximum absolute atomic E-state index is 4.65. The molecule has 5 rings (SSSR count). The van der Waals surface area contributed by atoms with E-state index in [4.69, 9.17) is 0 Å². The fourth-order valence-electron chi connectivity index (χ4n) is 5.75. The Balaban J connectivity index is 0.000000126. The number of benzene rings is 1. The number of aliphatic imine (C=N–C) groups is 1. The summed E-state index contributed by atoms with van der Waals surface area (Å²) in [6, 6.07) is 8.44. The molecule has 1 aromatic carbocycles. The van der Waals surface area contributed by atoms with E-state index in [1.54, 1.807) is 0 Å². The van der Waals surface area contributed by atoms with Crippen molar-refractivity contribution >= 4 is 11.5 Å². The molecule has 1 N–H and O–H groups in total. The molecule has 25 heavy (non-hydrogen) atoms. The van der Waals surface area contributed by atoms with E-state index in [1.165, 1.54) is 49.3 Å². The zero-order chi connectivity index (χ0) is 17.7. The minimum atomic E-state index is 0.399. The smallest absolute Gasteiger partial charge is 0.105 e. The monoisotopic (exact) mass is 339 g/mol. The number of nitrogens with one attached hydrogen (secondary N) is 1. The van der Waals surface area contributed by atoms with Crippen LogP contribution in [0, 0.1) is 17.3 Å². The van der Waals surface area contributed by atoms with Crippen molar-refractivity contribution in [2.24, 2.45) is 22.2 Å². The molecule has 0 amide bonds. The number of hydrogen-bond donors (Lipinski definition) is 1. The fraction of sp³-hybridized carbons (Fsp3) is 0.682. The summed E-state index contributed by atoms with van der Waals surface area (Å²) in [6.45, 7) is 9.54. The van der Waals surface area contributed by atoms with Crippen LogP contribution in [0.2, 0.25) is 0 Å². The number of rotatable bonds is 1. The lowest BCUT2D eigenvalue weighted by atomic mass is 9.64. The molecule has 2 bridgehead atoms. The lowest BCUT2D eigenvalue weighted by Crippen LogP contribution is -2.55. The maximum atomic E-state index is 4.65. The van der Waals surface area contributed by atoms with Gasteiger partial charge in [0.15, 0.2) is 0 Å². The van der Waals surface area contributed by atoms with Crippen molar-refractivity contribution in [3.63, 3.8) is 0 Å².